The second kappa shape index (κ2) is 6.39. The van der Waals surface area contributed by atoms with E-state index in [2.05, 4.69) is 10.4 Å². The molecular weight excluding hydrogens is 306 g/mol. The van der Waals surface area contributed by atoms with Gasteiger partial charge < -0.3 is 5.32 Å². The van der Waals surface area contributed by atoms with Gasteiger partial charge in [0.25, 0.3) is 5.56 Å². The lowest BCUT2D eigenvalue weighted by Gasteiger charge is -2.15. The highest BCUT2D eigenvalue weighted by molar-refractivity contribution is 5.96. The number of aryl methyl sites for hydroxylation is 2. The number of ketones is 1. The number of benzene rings is 1. The molecule has 0 saturated heterocycles. The number of aromatic nitrogens is 2. The Hall–Kier alpha value is -2.76. The van der Waals surface area contributed by atoms with Gasteiger partial charge in [0.05, 0.1) is 5.69 Å². The lowest BCUT2D eigenvalue weighted by atomic mass is 10.1. The topological polar surface area (TPSA) is 81.1 Å². The van der Waals surface area contributed by atoms with Crippen LogP contribution in [0.25, 0.3) is 0 Å². The summed E-state index contributed by atoms with van der Waals surface area (Å²) in [6.07, 6.45) is 2.72. The van der Waals surface area contributed by atoms with Gasteiger partial charge in [-0.15, -0.1) is 0 Å². The van der Waals surface area contributed by atoms with Crippen molar-refractivity contribution in [1.29, 1.82) is 0 Å². The molecule has 1 unspecified atom stereocenters. The van der Waals surface area contributed by atoms with Gasteiger partial charge in [-0.05, 0) is 62.9 Å². The molecule has 6 heteroatoms. The fourth-order valence-electron chi connectivity index (χ4n) is 2.84. The maximum absolute atomic E-state index is 12.4. The molecule has 24 heavy (non-hydrogen) atoms. The molecule has 1 heterocycles. The van der Waals surface area contributed by atoms with Gasteiger partial charge in [-0.3, -0.25) is 14.4 Å². The van der Waals surface area contributed by atoms with Gasteiger partial charge in [0.2, 0.25) is 5.91 Å². The molecule has 1 aromatic carbocycles. The van der Waals surface area contributed by atoms with E-state index in [4.69, 9.17) is 0 Å². The molecule has 1 aliphatic carbocycles. The zero-order valence-corrected chi connectivity index (χ0v) is 13.7. The van der Waals surface area contributed by atoms with Crippen LogP contribution in [0.15, 0.2) is 35.1 Å². The zero-order chi connectivity index (χ0) is 17.3. The first-order valence-corrected chi connectivity index (χ1v) is 7.99. The molecule has 0 saturated carbocycles. The van der Waals surface area contributed by atoms with Gasteiger partial charge in [0.15, 0.2) is 5.78 Å². The van der Waals surface area contributed by atoms with Crippen LogP contribution in [-0.4, -0.2) is 21.5 Å². The maximum atomic E-state index is 12.4. The van der Waals surface area contributed by atoms with Gasteiger partial charge in [-0.2, -0.15) is 5.10 Å². The molecule has 2 aromatic rings. The van der Waals surface area contributed by atoms with E-state index in [1.807, 2.05) is 0 Å². The van der Waals surface area contributed by atoms with Crippen molar-refractivity contribution < 1.29 is 9.59 Å². The van der Waals surface area contributed by atoms with Crippen molar-refractivity contribution in [1.82, 2.24) is 9.78 Å². The fourth-order valence-corrected chi connectivity index (χ4v) is 2.84. The van der Waals surface area contributed by atoms with Gasteiger partial charge >= 0.3 is 0 Å². The molecule has 1 aliphatic rings. The minimum Gasteiger partial charge on any atom is -0.324 e. The summed E-state index contributed by atoms with van der Waals surface area (Å²) in [7, 11) is 0. The van der Waals surface area contributed by atoms with Crippen molar-refractivity contribution in [3.63, 3.8) is 0 Å². The number of anilines is 1. The molecule has 0 aliphatic heterocycles. The molecule has 3 rings (SSSR count). The Balaban J connectivity index is 1.77. The van der Waals surface area contributed by atoms with Crippen molar-refractivity contribution in [2.24, 2.45) is 0 Å². The van der Waals surface area contributed by atoms with Crippen LogP contribution in [0.4, 0.5) is 5.69 Å². The molecule has 1 aromatic heterocycles. The van der Waals surface area contributed by atoms with Crippen LogP contribution in [0, 0.1) is 0 Å². The SMILES string of the molecule is CC(=O)c1ccc(NC(=O)C(C)n2nc3c(cc2=O)CCC3)cc1. The average molecular weight is 325 g/mol. The first-order valence-electron chi connectivity index (χ1n) is 7.99. The number of rotatable bonds is 4. The molecule has 0 bridgehead atoms. The molecule has 0 fully saturated rings. The van der Waals surface area contributed by atoms with Gasteiger partial charge in [-0.1, -0.05) is 0 Å². The molecule has 124 valence electrons. The van der Waals surface area contributed by atoms with Crippen molar-refractivity contribution in [2.75, 3.05) is 5.32 Å². The Kier molecular flexibility index (Phi) is 4.29. The van der Waals surface area contributed by atoms with Crippen molar-refractivity contribution in [2.45, 2.75) is 39.2 Å². The number of Topliss-reactive ketones (excluding diaryl/α,β-unsaturated/α-hetero) is 1. The van der Waals surface area contributed by atoms with E-state index in [0.29, 0.717) is 11.3 Å². The fraction of sp³-hybridized carbons (Fsp3) is 0.333. The van der Waals surface area contributed by atoms with Crippen LogP contribution in [-0.2, 0) is 17.6 Å². The number of carbonyl (C=O) groups is 2. The second-order valence-electron chi connectivity index (χ2n) is 6.05. The Labute approximate surface area is 139 Å². The lowest BCUT2D eigenvalue weighted by Crippen LogP contribution is -2.34. The van der Waals surface area contributed by atoms with Crippen LogP contribution >= 0.6 is 0 Å². The largest absolute Gasteiger partial charge is 0.324 e. The number of fused-ring (bicyclic) bond motifs is 1. The summed E-state index contributed by atoms with van der Waals surface area (Å²) in [5.74, 6) is -0.353. The van der Waals surface area contributed by atoms with Crippen LogP contribution in [0.1, 0.15) is 47.9 Å². The normalized spacial score (nSPS) is 14.1. The monoisotopic (exact) mass is 325 g/mol. The smallest absolute Gasteiger partial charge is 0.267 e. The predicted molar refractivity (Wildman–Crippen MR) is 90.3 cm³/mol. The quantitative estimate of drug-likeness (QED) is 0.873. The standard InChI is InChI=1S/C18H19N3O3/c1-11(21-17(23)10-14-4-3-5-16(14)20-21)18(24)19-15-8-6-13(7-9-15)12(2)22/h6-11H,3-5H2,1-2H3,(H,19,24). The van der Waals surface area contributed by atoms with E-state index < -0.39 is 6.04 Å². The summed E-state index contributed by atoms with van der Waals surface area (Å²) in [5.41, 5.74) is 2.79. The van der Waals surface area contributed by atoms with E-state index >= 15 is 0 Å². The third kappa shape index (κ3) is 3.13. The molecule has 1 atom stereocenters. The Morgan fingerprint density at radius 3 is 2.58 bits per heavy atom. The van der Waals surface area contributed by atoms with Crippen LogP contribution < -0.4 is 10.9 Å². The van der Waals surface area contributed by atoms with E-state index in [1.165, 1.54) is 11.6 Å². The summed E-state index contributed by atoms with van der Waals surface area (Å²) in [6.45, 7) is 3.14. The van der Waals surface area contributed by atoms with Crippen LogP contribution in [0.3, 0.4) is 0 Å². The van der Waals surface area contributed by atoms with Crippen LogP contribution in [0.5, 0.6) is 0 Å². The number of amides is 1. The number of hydrogen-bond acceptors (Lipinski definition) is 4. The zero-order valence-electron chi connectivity index (χ0n) is 13.7. The van der Waals surface area contributed by atoms with Crippen LogP contribution in [0.2, 0.25) is 0 Å². The Morgan fingerprint density at radius 2 is 1.92 bits per heavy atom. The summed E-state index contributed by atoms with van der Waals surface area (Å²) < 4.78 is 1.24. The van der Waals surface area contributed by atoms with E-state index in [-0.39, 0.29) is 17.2 Å². The molecule has 0 spiro atoms. The number of hydrogen-bond donors (Lipinski definition) is 1. The highest BCUT2D eigenvalue weighted by Crippen LogP contribution is 2.18. The second-order valence-corrected chi connectivity index (χ2v) is 6.05. The van der Waals surface area contributed by atoms with Crippen molar-refractivity contribution in [3.8, 4) is 0 Å². The van der Waals surface area contributed by atoms with Crippen molar-refractivity contribution >= 4 is 17.4 Å². The Morgan fingerprint density at radius 1 is 1.21 bits per heavy atom. The Bertz CT molecular complexity index is 853. The first-order chi connectivity index (χ1) is 11.5. The van der Waals surface area contributed by atoms with Gasteiger partial charge in [0.1, 0.15) is 6.04 Å². The number of carbonyl (C=O) groups excluding carboxylic acids is 2. The average Bonchev–Trinajstić information content (AvgIpc) is 3.01. The molecule has 0 radical (unpaired) electrons. The maximum Gasteiger partial charge on any atom is 0.267 e. The van der Waals surface area contributed by atoms with Gasteiger partial charge in [-0.25, -0.2) is 4.68 Å². The van der Waals surface area contributed by atoms with E-state index in [1.54, 1.807) is 37.3 Å². The molecule has 1 N–H and O–H groups in total. The highest BCUT2D eigenvalue weighted by Gasteiger charge is 2.21. The van der Waals surface area contributed by atoms with E-state index in [9.17, 15) is 14.4 Å². The van der Waals surface area contributed by atoms with Crippen molar-refractivity contribution in [3.05, 3.63) is 57.5 Å². The molecular formula is C18H19N3O3. The predicted octanol–water partition coefficient (Wildman–Crippen LogP) is 2.13. The van der Waals surface area contributed by atoms with Gasteiger partial charge in [0, 0.05) is 17.3 Å². The van der Waals surface area contributed by atoms with E-state index in [0.717, 1.165) is 30.5 Å². The number of nitrogens with zero attached hydrogens (tertiary/aromatic N) is 2. The minimum atomic E-state index is -0.712. The first kappa shape index (κ1) is 16.1. The highest BCUT2D eigenvalue weighted by atomic mass is 16.2. The summed E-state index contributed by atoms with van der Waals surface area (Å²) >= 11 is 0. The molecule has 1 amide bonds. The third-order valence-corrected chi connectivity index (χ3v) is 4.29. The third-order valence-electron chi connectivity index (χ3n) is 4.29. The lowest BCUT2D eigenvalue weighted by molar-refractivity contribution is -0.119. The molecule has 6 nitrogen and oxygen atoms in total. The summed E-state index contributed by atoms with van der Waals surface area (Å²) in [6, 6.07) is 7.52. The summed E-state index contributed by atoms with van der Waals surface area (Å²) in [5, 5.41) is 7.10. The minimum absolute atomic E-state index is 0.0323. The summed E-state index contributed by atoms with van der Waals surface area (Å²) in [4.78, 5) is 35.9. The number of nitrogens with one attached hydrogen (secondary N) is 1.